The molecule has 1 amide bonds. The predicted octanol–water partition coefficient (Wildman–Crippen LogP) is 3.43. The van der Waals surface area contributed by atoms with Crippen molar-refractivity contribution in [2.75, 3.05) is 13.3 Å². The fourth-order valence-corrected chi connectivity index (χ4v) is 3.35. The van der Waals surface area contributed by atoms with Gasteiger partial charge in [0, 0.05) is 24.2 Å². The molecule has 0 N–H and O–H groups in total. The van der Waals surface area contributed by atoms with Crippen LogP contribution in [0.2, 0.25) is 0 Å². The Bertz CT molecular complexity index is 845. The third-order valence-electron chi connectivity index (χ3n) is 4.46. The van der Waals surface area contributed by atoms with E-state index in [9.17, 15) is 10.1 Å². The number of pyridine rings is 1. The Labute approximate surface area is 151 Å². The molecule has 25 heavy (non-hydrogen) atoms. The van der Waals surface area contributed by atoms with E-state index < -0.39 is 0 Å². The fraction of sp³-hybridized carbons (Fsp3) is 0.444. The molecule has 130 valence electrons. The van der Waals surface area contributed by atoms with Crippen LogP contribution in [0, 0.1) is 25.2 Å². The average molecular weight is 356 g/mol. The van der Waals surface area contributed by atoms with Crippen molar-refractivity contribution < 1.29 is 9.32 Å². The first-order chi connectivity index (χ1) is 12.0. The number of rotatable bonds is 5. The molecule has 0 radical (unpaired) electrons. The van der Waals surface area contributed by atoms with Gasteiger partial charge in [0.25, 0.3) is 5.91 Å². The summed E-state index contributed by atoms with van der Waals surface area (Å²) in [5.74, 6) is 0.935. The number of nitriles is 1. The van der Waals surface area contributed by atoms with Crippen molar-refractivity contribution in [2.45, 2.75) is 44.2 Å². The quantitative estimate of drug-likeness (QED) is 0.763. The molecule has 1 aliphatic rings. The molecule has 1 fully saturated rings. The topological polar surface area (TPSA) is 83.0 Å². The Balaban J connectivity index is 1.95. The van der Waals surface area contributed by atoms with Crippen molar-refractivity contribution in [1.82, 2.24) is 15.0 Å². The molecule has 2 aromatic rings. The summed E-state index contributed by atoms with van der Waals surface area (Å²) in [4.78, 5) is 19.2. The molecule has 0 aromatic carbocycles. The molecule has 1 aliphatic carbocycles. The van der Waals surface area contributed by atoms with Crippen LogP contribution >= 0.6 is 11.8 Å². The van der Waals surface area contributed by atoms with Gasteiger partial charge in [-0.3, -0.25) is 4.79 Å². The Kier molecular flexibility index (Phi) is 4.82. The number of nitrogens with zero attached hydrogens (tertiary/aromatic N) is 4. The van der Waals surface area contributed by atoms with Gasteiger partial charge in [0.15, 0.2) is 0 Å². The third kappa shape index (κ3) is 3.40. The lowest BCUT2D eigenvalue weighted by Crippen LogP contribution is -2.28. The van der Waals surface area contributed by atoms with Crippen LogP contribution in [0.1, 0.15) is 57.4 Å². The lowest BCUT2D eigenvalue weighted by atomic mass is 10.1. The lowest BCUT2D eigenvalue weighted by Gasteiger charge is -2.19. The van der Waals surface area contributed by atoms with Gasteiger partial charge in [0.2, 0.25) is 0 Å². The van der Waals surface area contributed by atoms with Crippen LogP contribution < -0.4 is 0 Å². The van der Waals surface area contributed by atoms with E-state index in [0.717, 1.165) is 29.8 Å². The molecule has 0 spiro atoms. The standard InChI is InChI=1S/C18H20N4O2S/c1-10-15(11(2)24-21-10)9-22(3)18(23)13-7-16(12-5-6-12)20-17(25-4)14(13)8-19/h7,12H,5-6,9H2,1-4H3. The van der Waals surface area contributed by atoms with E-state index in [-0.39, 0.29) is 5.91 Å². The van der Waals surface area contributed by atoms with Crippen LogP contribution in [-0.4, -0.2) is 34.3 Å². The van der Waals surface area contributed by atoms with E-state index in [2.05, 4.69) is 16.2 Å². The monoisotopic (exact) mass is 356 g/mol. The van der Waals surface area contributed by atoms with Crippen LogP contribution in [-0.2, 0) is 6.54 Å². The number of carbonyl (C=O) groups excluding carboxylic acids is 1. The van der Waals surface area contributed by atoms with Gasteiger partial charge in [0.1, 0.15) is 16.9 Å². The second kappa shape index (κ2) is 6.89. The van der Waals surface area contributed by atoms with E-state index in [1.54, 1.807) is 18.0 Å². The highest BCUT2D eigenvalue weighted by atomic mass is 32.2. The van der Waals surface area contributed by atoms with Crippen LogP contribution in [0.4, 0.5) is 0 Å². The summed E-state index contributed by atoms with van der Waals surface area (Å²) in [5.41, 5.74) is 3.37. The molecule has 7 heteroatoms. The Morgan fingerprint density at radius 3 is 2.72 bits per heavy atom. The second-order valence-corrected chi connectivity index (χ2v) is 7.12. The van der Waals surface area contributed by atoms with Crippen LogP contribution in [0.5, 0.6) is 0 Å². The van der Waals surface area contributed by atoms with E-state index in [1.165, 1.54) is 11.8 Å². The lowest BCUT2D eigenvalue weighted by molar-refractivity contribution is 0.0783. The minimum atomic E-state index is -0.184. The van der Waals surface area contributed by atoms with Gasteiger partial charge < -0.3 is 9.42 Å². The molecule has 0 aliphatic heterocycles. The van der Waals surface area contributed by atoms with Crippen molar-refractivity contribution in [3.63, 3.8) is 0 Å². The zero-order valence-electron chi connectivity index (χ0n) is 14.8. The summed E-state index contributed by atoms with van der Waals surface area (Å²) in [7, 11) is 1.73. The van der Waals surface area contributed by atoms with Crippen molar-refractivity contribution >= 4 is 17.7 Å². The number of thioether (sulfide) groups is 1. The van der Waals surface area contributed by atoms with E-state index >= 15 is 0 Å². The zero-order chi connectivity index (χ0) is 18.1. The highest BCUT2D eigenvalue weighted by Gasteiger charge is 2.29. The molecule has 0 saturated heterocycles. The summed E-state index contributed by atoms with van der Waals surface area (Å²) in [6.07, 6.45) is 4.06. The van der Waals surface area contributed by atoms with E-state index in [4.69, 9.17) is 4.52 Å². The first kappa shape index (κ1) is 17.5. The fourth-order valence-electron chi connectivity index (χ4n) is 2.80. The summed E-state index contributed by atoms with van der Waals surface area (Å²) in [5, 5.41) is 14.1. The van der Waals surface area contributed by atoms with Gasteiger partial charge in [-0.15, -0.1) is 11.8 Å². The first-order valence-corrected chi connectivity index (χ1v) is 9.35. The summed E-state index contributed by atoms with van der Waals surface area (Å²) in [6, 6.07) is 3.95. The van der Waals surface area contributed by atoms with E-state index in [1.807, 2.05) is 20.1 Å². The summed E-state index contributed by atoms with van der Waals surface area (Å²) in [6.45, 7) is 4.08. The Morgan fingerprint density at radius 1 is 1.48 bits per heavy atom. The third-order valence-corrected chi connectivity index (χ3v) is 5.14. The minimum absolute atomic E-state index is 0.184. The highest BCUT2D eigenvalue weighted by molar-refractivity contribution is 7.98. The van der Waals surface area contributed by atoms with Crippen LogP contribution in [0.25, 0.3) is 0 Å². The smallest absolute Gasteiger partial charge is 0.255 e. The number of amides is 1. The van der Waals surface area contributed by atoms with Gasteiger partial charge in [0.05, 0.1) is 23.4 Å². The highest BCUT2D eigenvalue weighted by Crippen LogP contribution is 2.40. The van der Waals surface area contributed by atoms with Gasteiger partial charge in [-0.1, -0.05) is 5.16 Å². The van der Waals surface area contributed by atoms with Crippen molar-refractivity contribution in [1.29, 1.82) is 5.26 Å². The number of hydrogen-bond acceptors (Lipinski definition) is 6. The number of aryl methyl sites for hydroxylation is 2. The number of aromatic nitrogens is 2. The Hall–Kier alpha value is -2.33. The zero-order valence-corrected chi connectivity index (χ0v) is 15.6. The molecule has 1 saturated carbocycles. The molecule has 0 unspecified atom stereocenters. The molecule has 0 bridgehead atoms. The van der Waals surface area contributed by atoms with Gasteiger partial charge in [-0.05, 0) is 39.0 Å². The van der Waals surface area contributed by atoms with Crippen molar-refractivity contribution in [3.05, 3.63) is 39.9 Å². The minimum Gasteiger partial charge on any atom is -0.361 e. The predicted molar refractivity (Wildman–Crippen MR) is 94.5 cm³/mol. The molecule has 3 rings (SSSR count). The molecule has 2 aromatic heterocycles. The largest absolute Gasteiger partial charge is 0.361 e. The van der Waals surface area contributed by atoms with Gasteiger partial charge >= 0.3 is 0 Å². The Morgan fingerprint density at radius 2 is 2.20 bits per heavy atom. The van der Waals surface area contributed by atoms with E-state index in [0.29, 0.717) is 34.4 Å². The SMILES string of the molecule is CSc1nc(C2CC2)cc(C(=O)N(C)Cc2c(C)noc2C)c1C#N. The molecular formula is C18H20N4O2S. The summed E-state index contributed by atoms with van der Waals surface area (Å²) >= 11 is 1.40. The van der Waals surface area contributed by atoms with Crippen molar-refractivity contribution in [3.8, 4) is 6.07 Å². The molecule has 6 nitrogen and oxygen atoms in total. The normalized spacial score (nSPS) is 13.6. The summed E-state index contributed by atoms with van der Waals surface area (Å²) < 4.78 is 5.17. The maximum atomic E-state index is 13.0. The van der Waals surface area contributed by atoms with Crippen LogP contribution in [0.15, 0.2) is 15.6 Å². The number of hydrogen-bond donors (Lipinski definition) is 0. The first-order valence-electron chi connectivity index (χ1n) is 8.12. The molecular weight excluding hydrogens is 336 g/mol. The van der Waals surface area contributed by atoms with Gasteiger partial charge in [-0.2, -0.15) is 5.26 Å². The van der Waals surface area contributed by atoms with Crippen LogP contribution in [0.3, 0.4) is 0 Å². The van der Waals surface area contributed by atoms with Crippen molar-refractivity contribution in [2.24, 2.45) is 0 Å². The van der Waals surface area contributed by atoms with Gasteiger partial charge in [-0.25, -0.2) is 4.98 Å². The maximum Gasteiger partial charge on any atom is 0.255 e. The molecule has 0 atom stereocenters. The second-order valence-electron chi connectivity index (χ2n) is 6.33. The average Bonchev–Trinajstić information content (AvgIpc) is 3.42. The molecule has 2 heterocycles. The maximum absolute atomic E-state index is 13.0. The number of carbonyl (C=O) groups is 1.